The van der Waals surface area contributed by atoms with E-state index in [1.54, 1.807) is 12.1 Å². The van der Waals surface area contributed by atoms with Crippen LogP contribution < -0.4 is 26.1 Å². The van der Waals surface area contributed by atoms with Gasteiger partial charge in [-0.05, 0) is 86.4 Å². The number of halogens is 1. The molecule has 1 N–H and O–H groups in total. The van der Waals surface area contributed by atoms with E-state index in [-0.39, 0.29) is 5.04 Å². The van der Waals surface area contributed by atoms with Gasteiger partial charge < -0.3 is 9.16 Å². The van der Waals surface area contributed by atoms with Crippen LogP contribution in [-0.2, 0) is 13.7 Å². The Kier molecular flexibility index (Phi) is 12.3. The Hall–Kier alpha value is -3.59. The number of hydrogen-bond acceptors (Lipinski definition) is 4. The number of carbonyl (C=O) groups is 1. The predicted octanol–water partition coefficient (Wildman–Crippen LogP) is 8.32. The molecule has 252 valence electrons. The van der Waals surface area contributed by atoms with E-state index in [2.05, 4.69) is 115 Å². The van der Waals surface area contributed by atoms with Gasteiger partial charge in [0, 0.05) is 20.8 Å². The Morgan fingerprint density at radius 2 is 1.20 bits per heavy atom. The van der Waals surface area contributed by atoms with Gasteiger partial charge in [0.1, 0.15) is 0 Å². The summed E-state index contributed by atoms with van der Waals surface area (Å²) in [6, 6.07) is 47.3. The van der Waals surface area contributed by atoms with E-state index < -0.39 is 27.6 Å². The molecule has 5 aromatic rings. The largest absolute Gasteiger partial charge is 0.465 e. The lowest BCUT2D eigenvalue weighted by Crippen LogP contribution is -2.66. The van der Waals surface area contributed by atoms with Crippen molar-refractivity contribution in [2.24, 2.45) is 0 Å². The lowest BCUT2D eigenvalue weighted by molar-refractivity contribution is 0.0600. The zero-order chi connectivity index (χ0) is 34.9. The molecule has 1 atom stereocenters. The van der Waals surface area contributed by atoms with E-state index in [0.29, 0.717) is 18.6 Å². The van der Waals surface area contributed by atoms with Gasteiger partial charge in [-0.3, -0.25) is 4.57 Å². The molecule has 5 aromatic carbocycles. The highest BCUT2D eigenvalue weighted by Gasteiger charge is 2.50. The predicted molar refractivity (Wildman–Crippen MR) is 214 cm³/mol. The molecule has 0 spiro atoms. The van der Waals surface area contributed by atoms with Gasteiger partial charge in [0.2, 0.25) is 7.29 Å². The van der Waals surface area contributed by atoms with E-state index in [4.69, 9.17) is 9.16 Å². The van der Waals surface area contributed by atoms with Crippen LogP contribution in [0.25, 0.3) is 0 Å². The highest BCUT2D eigenvalue weighted by atomic mass is 127. The molecule has 0 fully saturated rings. The maximum Gasteiger partial charge on any atom is 0.337 e. The monoisotopic (exact) mass is 799 g/mol. The van der Waals surface area contributed by atoms with Gasteiger partial charge in [-0.25, -0.2) is 9.88 Å². The molecule has 0 aromatic heterocycles. The first-order valence-corrected chi connectivity index (χ1v) is 21.1. The van der Waals surface area contributed by atoms with Gasteiger partial charge in [0.05, 0.1) is 18.7 Å². The van der Waals surface area contributed by atoms with Crippen molar-refractivity contribution in [3.05, 3.63) is 166 Å². The number of methoxy groups -OCH3 is 1. The summed E-state index contributed by atoms with van der Waals surface area (Å²) < 4.78 is 28.2. The number of ether oxygens (including phenoxy) is 1. The summed E-state index contributed by atoms with van der Waals surface area (Å²) in [4.78, 5) is 12.3. The normalized spacial score (nSPS) is 13.1. The van der Waals surface area contributed by atoms with E-state index in [1.165, 1.54) is 17.5 Å². The third-order valence-corrected chi connectivity index (χ3v) is 17.5. The first-order valence-electron chi connectivity index (χ1n) is 16.4. The summed E-state index contributed by atoms with van der Waals surface area (Å²) >= 11 is 2.36. The molecule has 0 saturated carbocycles. The van der Waals surface area contributed by atoms with Crippen molar-refractivity contribution in [3.63, 3.8) is 0 Å². The number of hydrogen-bond donors (Lipinski definition) is 1. The number of rotatable bonds is 13. The minimum absolute atomic E-state index is 0.129. The fraction of sp³-hybridized carbons (Fsp3) is 0.195. The van der Waals surface area contributed by atoms with Crippen LogP contribution in [0.3, 0.4) is 0 Å². The van der Waals surface area contributed by atoms with Crippen LogP contribution >= 0.6 is 29.9 Å². The summed E-state index contributed by atoms with van der Waals surface area (Å²) in [7, 11) is -4.64. The van der Waals surface area contributed by atoms with Crippen molar-refractivity contribution in [3.8, 4) is 0 Å². The molecule has 0 aliphatic heterocycles. The summed E-state index contributed by atoms with van der Waals surface area (Å²) in [6.45, 7) is 7.35. The fourth-order valence-corrected chi connectivity index (χ4v) is 14.4. The quantitative estimate of drug-likeness (QED) is 0.0427. The molecule has 0 heterocycles. The highest BCUT2D eigenvalue weighted by Crippen LogP contribution is 2.45. The van der Waals surface area contributed by atoms with Crippen LogP contribution in [0.5, 0.6) is 0 Å². The Morgan fingerprint density at radius 3 is 1.63 bits per heavy atom. The molecule has 8 heteroatoms. The Bertz CT molecular complexity index is 1800. The Morgan fingerprint density at radius 1 is 0.755 bits per heavy atom. The van der Waals surface area contributed by atoms with E-state index >= 15 is 4.57 Å². The topological polar surface area (TPSA) is 64.6 Å². The smallest absolute Gasteiger partial charge is 0.337 e. The summed E-state index contributed by atoms with van der Waals surface area (Å²) in [5, 5.41) is 7.40. The highest BCUT2D eigenvalue weighted by molar-refractivity contribution is 14.1. The Balaban J connectivity index is 1.51. The van der Waals surface area contributed by atoms with Crippen molar-refractivity contribution in [2.75, 3.05) is 13.7 Å². The Labute approximate surface area is 305 Å². The van der Waals surface area contributed by atoms with Gasteiger partial charge in [-0.1, -0.05) is 136 Å². The third kappa shape index (κ3) is 8.25. The van der Waals surface area contributed by atoms with Crippen LogP contribution in [0.1, 0.15) is 49.2 Å². The van der Waals surface area contributed by atoms with Crippen molar-refractivity contribution in [1.82, 2.24) is 5.09 Å². The van der Waals surface area contributed by atoms with Gasteiger partial charge in [-0.15, -0.1) is 0 Å². The van der Waals surface area contributed by atoms with Gasteiger partial charge in [-0.2, -0.15) is 0 Å². The number of nitrogens with one attached hydrogen (secondary N) is 1. The van der Waals surface area contributed by atoms with E-state index in [9.17, 15) is 4.79 Å². The second-order valence-corrected chi connectivity index (χ2v) is 20.9. The fourth-order valence-electron chi connectivity index (χ4n) is 6.27. The maximum atomic E-state index is 15.2. The average Bonchev–Trinajstić information content (AvgIpc) is 3.14. The van der Waals surface area contributed by atoms with Crippen molar-refractivity contribution in [1.29, 1.82) is 0 Å². The third-order valence-electron chi connectivity index (χ3n) is 8.68. The van der Waals surface area contributed by atoms with E-state index in [0.717, 1.165) is 19.8 Å². The number of benzene rings is 5. The van der Waals surface area contributed by atoms with Gasteiger partial charge in [0.25, 0.3) is 8.32 Å². The molecule has 5 nitrogen and oxygen atoms in total. The molecule has 1 unspecified atom stereocenters. The van der Waals surface area contributed by atoms with Gasteiger partial charge in [0.15, 0.2) is 0 Å². The lowest BCUT2D eigenvalue weighted by atomic mass is 10.0. The number of carbonyl (C=O) groups excluding carboxylic acids is 1. The van der Waals surface area contributed by atoms with Gasteiger partial charge >= 0.3 is 5.97 Å². The second kappa shape index (κ2) is 16.4. The first-order chi connectivity index (χ1) is 23.6. The standard InChI is InChI=1S/C41H43INO4PSi/c1-41(2,3)49(36-22-13-7-14-23-36,37-24-15-8-16-25-37)47-31-17-26-38(42)39(32-27-29-33(30-28-32)40(44)46-4)43-48(45,34-18-9-5-10-19-34)35-20-11-6-12-21-35/h5-16,18-30,39H,17,31H2,1-4H3,(H,43,45)/b38-26-. The molecular weight excluding hydrogens is 756 g/mol. The molecular formula is C41H43INO4PSi. The minimum Gasteiger partial charge on any atom is -0.465 e. The molecule has 5 rings (SSSR count). The van der Waals surface area contributed by atoms with Crippen molar-refractivity contribution >= 4 is 65.2 Å². The molecule has 0 saturated heterocycles. The maximum absolute atomic E-state index is 15.2. The molecule has 0 aliphatic carbocycles. The SMILES string of the molecule is COC(=O)c1ccc(C(NP(=O)(c2ccccc2)c2ccccc2)/C(I)=C/CCO[Si](c2ccccc2)(c2ccccc2)C(C)(C)C)cc1. The summed E-state index contributed by atoms with van der Waals surface area (Å²) in [6.07, 6.45) is 2.83. The molecule has 0 aliphatic rings. The zero-order valence-corrected chi connectivity index (χ0v) is 32.4. The molecule has 49 heavy (non-hydrogen) atoms. The summed E-state index contributed by atoms with van der Waals surface area (Å²) in [5.41, 5.74) is 1.34. The second-order valence-electron chi connectivity index (χ2n) is 12.8. The average molecular weight is 800 g/mol. The number of esters is 1. The molecule has 0 amide bonds. The summed E-state index contributed by atoms with van der Waals surface area (Å²) in [5.74, 6) is -0.402. The molecule has 0 bridgehead atoms. The lowest BCUT2D eigenvalue weighted by Gasteiger charge is -2.43. The molecule has 0 radical (unpaired) electrons. The van der Waals surface area contributed by atoms with E-state index in [1.807, 2.05) is 72.8 Å². The zero-order valence-electron chi connectivity index (χ0n) is 28.4. The first kappa shape index (κ1) is 36.7. The van der Waals surface area contributed by atoms with Crippen LogP contribution in [0.2, 0.25) is 5.04 Å². The minimum atomic E-state index is -3.32. The van der Waals surface area contributed by atoms with Crippen LogP contribution in [0.15, 0.2) is 155 Å². The van der Waals surface area contributed by atoms with Crippen molar-refractivity contribution < 1.29 is 18.5 Å². The van der Waals surface area contributed by atoms with Crippen LogP contribution in [0.4, 0.5) is 0 Å². The van der Waals surface area contributed by atoms with Crippen LogP contribution in [0, 0.1) is 0 Å². The van der Waals surface area contributed by atoms with Crippen molar-refractivity contribution in [2.45, 2.75) is 38.3 Å². The van der Waals surface area contributed by atoms with Crippen LogP contribution in [-0.4, -0.2) is 28.0 Å².